The van der Waals surface area contributed by atoms with E-state index in [2.05, 4.69) is 87.5 Å². The van der Waals surface area contributed by atoms with E-state index >= 15 is 0 Å². The molecule has 2 heteroatoms. The first kappa shape index (κ1) is 16.5. The molecule has 0 aliphatic heterocycles. The van der Waals surface area contributed by atoms with E-state index in [1.807, 2.05) is 6.07 Å². The zero-order valence-electron chi connectivity index (χ0n) is 15.8. The van der Waals surface area contributed by atoms with E-state index in [0.29, 0.717) is 0 Å². The van der Waals surface area contributed by atoms with Gasteiger partial charge in [-0.1, -0.05) is 87.5 Å². The van der Waals surface area contributed by atoms with Crippen molar-refractivity contribution in [1.29, 1.82) is 0 Å². The molecule has 0 spiro atoms. The molecule has 1 aromatic heterocycles. The minimum atomic E-state index is 0.153. The molecule has 0 bridgehead atoms. The largest absolute Gasteiger partial charge is 0.236 e. The van der Waals surface area contributed by atoms with Crippen LogP contribution >= 0.6 is 11.3 Å². The molecule has 0 aliphatic rings. The Labute approximate surface area is 163 Å². The third-order valence-corrected chi connectivity index (χ3v) is 6.38. The van der Waals surface area contributed by atoms with Crippen molar-refractivity contribution in [3.8, 4) is 10.6 Å². The fourth-order valence-corrected chi connectivity index (χ4v) is 4.84. The maximum absolute atomic E-state index is 4.92. The van der Waals surface area contributed by atoms with E-state index in [1.165, 1.54) is 37.4 Å². The Hall–Kier alpha value is -2.71. The maximum Gasteiger partial charge on any atom is 0.124 e. The summed E-state index contributed by atoms with van der Waals surface area (Å²) < 4.78 is 1.28. The van der Waals surface area contributed by atoms with Crippen molar-refractivity contribution < 1.29 is 0 Å². The molecule has 0 atom stereocenters. The first-order valence-corrected chi connectivity index (χ1v) is 10.1. The molecule has 0 radical (unpaired) electrons. The van der Waals surface area contributed by atoms with Gasteiger partial charge in [0, 0.05) is 10.9 Å². The van der Waals surface area contributed by atoms with Gasteiger partial charge in [0.05, 0.1) is 10.2 Å². The van der Waals surface area contributed by atoms with E-state index in [9.17, 15) is 0 Å². The zero-order chi connectivity index (χ0) is 18.6. The monoisotopic (exact) mass is 367 g/mol. The normalized spacial score (nSPS) is 12.3. The van der Waals surface area contributed by atoms with Crippen LogP contribution in [0, 0.1) is 0 Å². The second kappa shape index (κ2) is 5.90. The van der Waals surface area contributed by atoms with Crippen molar-refractivity contribution in [2.24, 2.45) is 0 Å². The lowest BCUT2D eigenvalue weighted by Gasteiger charge is -2.19. The Morgan fingerprint density at radius 1 is 0.778 bits per heavy atom. The lowest BCUT2D eigenvalue weighted by atomic mass is 9.85. The fourth-order valence-electron chi connectivity index (χ4n) is 3.70. The number of rotatable bonds is 1. The smallest absolute Gasteiger partial charge is 0.124 e. The average Bonchev–Trinajstić information content (AvgIpc) is 3.11. The molecule has 0 fully saturated rings. The Morgan fingerprint density at radius 3 is 2.30 bits per heavy atom. The van der Waals surface area contributed by atoms with Gasteiger partial charge in [-0.3, -0.25) is 0 Å². The molecule has 132 valence electrons. The van der Waals surface area contributed by atoms with Crippen LogP contribution in [0.1, 0.15) is 26.3 Å². The number of thiazole rings is 1. The van der Waals surface area contributed by atoms with Crippen molar-refractivity contribution in [2.45, 2.75) is 26.2 Å². The quantitative estimate of drug-likeness (QED) is 0.278. The van der Waals surface area contributed by atoms with Gasteiger partial charge in [0.1, 0.15) is 5.01 Å². The summed E-state index contributed by atoms with van der Waals surface area (Å²) in [7, 11) is 0. The number of nitrogens with zero attached hydrogens (tertiary/aromatic N) is 1. The lowest BCUT2D eigenvalue weighted by molar-refractivity contribution is 0.591. The van der Waals surface area contributed by atoms with Gasteiger partial charge >= 0.3 is 0 Å². The molecule has 0 unspecified atom stereocenters. The van der Waals surface area contributed by atoms with Gasteiger partial charge in [-0.2, -0.15) is 0 Å². The predicted octanol–water partition coefficient (Wildman–Crippen LogP) is 7.57. The molecule has 1 nitrogen and oxygen atoms in total. The summed E-state index contributed by atoms with van der Waals surface area (Å²) in [5, 5.41) is 6.31. The van der Waals surface area contributed by atoms with Gasteiger partial charge in [0.15, 0.2) is 0 Å². The van der Waals surface area contributed by atoms with Crippen LogP contribution in [0.15, 0.2) is 72.8 Å². The molecule has 5 aromatic rings. The Balaban J connectivity index is 1.83. The van der Waals surface area contributed by atoms with Crippen molar-refractivity contribution in [3.63, 3.8) is 0 Å². The number of fused-ring (bicyclic) bond motifs is 5. The molecule has 1 heterocycles. The second-order valence-corrected chi connectivity index (χ2v) is 9.15. The Morgan fingerprint density at radius 2 is 1.52 bits per heavy atom. The van der Waals surface area contributed by atoms with Gasteiger partial charge < -0.3 is 0 Å². The number of hydrogen-bond acceptors (Lipinski definition) is 2. The summed E-state index contributed by atoms with van der Waals surface area (Å²) in [5.41, 5.74) is 3.79. The topological polar surface area (TPSA) is 12.9 Å². The van der Waals surface area contributed by atoms with Crippen molar-refractivity contribution in [3.05, 3.63) is 78.4 Å². The van der Waals surface area contributed by atoms with E-state index in [0.717, 1.165) is 10.5 Å². The Kier molecular flexibility index (Phi) is 3.60. The van der Waals surface area contributed by atoms with Crippen molar-refractivity contribution in [1.82, 2.24) is 4.98 Å². The summed E-state index contributed by atoms with van der Waals surface area (Å²) in [5.74, 6) is 0. The summed E-state index contributed by atoms with van der Waals surface area (Å²) in [6, 6.07) is 26.2. The molecule has 0 amide bonds. The van der Waals surface area contributed by atoms with Crippen LogP contribution in [0.5, 0.6) is 0 Å². The van der Waals surface area contributed by atoms with Crippen LogP contribution < -0.4 is 0 Å². The molecule has 0 N–H and O–H groups in total. The maximum atomic E-state index is 4.92. The summed E-state index contributed by atoms with van der Waals surface area (Å²) in [6.07, 6.45) is 0. The van der Waals surface area contributed by atoms with Crippen LogP contribution in [-0.4, -0.2) is 4.98 Å². The van der Waals surface area contributed by atoms with Gasteiger partial charge in [-0.25, -0.2) is 4.98 Å². The molecule has 4 aromatic carbocycles. The van der Waals surface area contributed by atoms with Crippen LogP contribution in [0.2, 0.25) is 0 Å². The third-order valence-electron chi connectivity index (χ3n) is 5.24. The Bertz CT molecular complexity index is 1290. The molecule has 27 heavy (non-hydrogen) atoms. The number of benzene rings is 4. The highest BCUT2D eigenvalue weighted by molar-refractivity contribution is 7.22. The standard InChI is InChI=1S/C25H21NS/c1-25(2,3)19-12-13-20-18(15-19)10-9-16-11-14-21-23(22(16)20)27-24(26-21)17-7-5-4-6-8-17/h4-15H,1-3H3. The molecule has 0 saturated carbocycles. The zero-order valence-corrected chi connectivity index (χ0v) is 16.6. The highest BCUT2D eigenvalue weighted by Gasteiger charge is 2.16. The van der Waals surface area contributed by atoms with Gasteiger partial charge in [0.25, 0.3) is 0 Å². The van der Waals surface area contributed by atoms with Crippen molar-refractivity contribution >= 4 is 43.1 Å². The summed E-state index contributed by atoms with van der Waals surface area (Å²) in [6.45, 7) is 6.80. The van der Waals surface area contributed by atoms with Crippen molar-refractivity contribution in [2.75, 3.05) is 0 Å². The van der Waals surface area contributed by atoms with E-state index < -0.39 is 0 Å². The number of hydrogen-bond donors (Lipinski definition) is 0. The second-order valence-electron chi connectivity index (χ2n) is 8.15. The summed E-state index contributed by atoms with van der Waals surface area (Å²) >= 11 is 1.79. The van der Waals surface area contributed by atoms with Gasteiger partial charge in [0.2, 0.25) is 0 Å². The van der Waals surface area contributed by atoms with Crippen LogP contribution in [0.4, 0.5) is 0 Å². The van der Waals surface area contributed by atoms with Gasteiger partial charge in [-0.15, -0.1) is 11.3 Å². The highest BCUT2D eigenvalue weighted by Crippen LogP contribution is 2.39. The first-order valence-electron chi connectivity index (χ1n) is 9.33. The minimum Gasteiger partial charge on any atom is -0.236 e. The SMILES string of the molecule is CC(C)(C)c1ccc2c(ccc3ccc4nc(-c5ccccc5)sc4c32)c1. The molecule has 0 aliphatic carbocycles. The molecular formula is C25H21NS. The molecule has 5 rings (SSSR count). The van der Waals surface area contributed by atoms with Gasteiger partial charge in [-0.05, 0) is 33.2 Å². The molecule has 0 saturated heterocycles. The minimum absolute atomic E-state index is 0.153. The van der Waals surface area contributed by atoms with E-state index in [1.54, 1.807) is 11.3 Å². The third kappa shape index (κ3) is 2.72. The average molecular weight is 368 g/mol. The fraction of sp³-hybridized carbons (Fsp3) is 0.160. The lowest BCUT2D eigenvalue weighted by Crippen LogP contribution is -2.10. The first-order chi connectivity index (χ1) is 13.0. The highest BCUT2D eigenvalue weighted by atomic mass is 32.1. The van der Waals surface area contributed by atoms with E-state index in [4.69, 9.17) is 4.98 Å². The van der Waals surface area contributed by atoms with Crippen LogP contribution in [0.3, 0.4) is 0 Å². The molecular weight excluding hydrogens is 346 g/mol. The van der Waals surface area contributed by atoms with Crippen LogP contribution in [-0.2, 0) is 5.41 Å². The van der Waals surface area contributed by atoms with E-state index in [-0.39, 0.29) is 5.41 Å². The predicted molar refractivity (Wildman–Crippen MR) is 119 cm³/mol. The summed E-state index contributed by atoms with van der Waals surface area (Å²) in [4.78, 5) is 4.92. The number of aromatic nitrogens is 1. The van der Waals surface area contributed by atoms with Crippen LogP contribution in [0.25, 0.3) is 42.3 Å².